The summed E-state index contributed by atoms with van der Waals surface area (Å²) < 4.78 is 11.3. The second-order valence-corrected chi connectivity index (χ2v) is 9.84. The molecular formula is C22H22N2O5S2. The first kappa shape index (κ1) is 20.4. The topological polar surface area (TPSA) is 85.8 Å². The lowest BCUT2D eigenvalue weighted by Gasteiger charge is -2.35. The molecule has 2 aliphatic heterocycles. The zero-order valence-electron chi connectivity index (χ0n) is 17.3. The quantitative estimate of drug-likeness (QED) is 0.639. The summed E-state index contributed by atoms with van der Waals surface area (Å²) in [6.07, 6.45) is 3.33. The van der Waals surface area contributed by atoms with Crippen molar-refractivity contribution in [1.29, 1.82) is 0 Å². The Hall–Kier alpha value is -2.52. The zero-order chi connectivity index (χ0) is 21.7. The number of fused-ring (bicyclic) bond motifs is 1. The Bertz CT molecular complexity index is 1090. The second-order valence-electron chi connectivity index (χ2n) is 7.88. The average Bonchev–Trinajstić information content (AvgIpc) is 3.47. The van der Waals surface area contributed by atoms with E-state index < -0.39 is 12.0 Å². The Labute approximate surface area is 187 Å². The van der Waals surface area contributed by atoms with Crippen LogP contribution >= 0.6 is 22.7 Å². The van der Waals surface area contributed by atoms with E-state index in [0.29, 0.717) is 21.3 Å². The van der Waals surface area contributed by atoms with Gasteiger partial charge in [-0.1, -0.05) is 23.8 Å². The maximum atomic E-state index is 13.5. The Morgan fingerprint density at radius 1 is 1.32 bits per heavy atom. The number of rotatable bonds is 4. The van der Waals surface area contributed by atoms with Crippen LogP contribution in [-0.2, 0) is 19.1 Å². The van der Waals surface area contributed by atoms with Gasteiger partial charge in [-0.25, -0.2) is 9.78 Å². The van der Waals surface area contributed by atoms with Gasteiger partial charge in [0.05, 0.1) is 23.8 Å². The fourth-order valence-corrected chi connectivity index (χ4v) is 6.44. The van der Waals surface area contributed by atoms with Gasteiger partial charge in [0.2, 0.25) is 0 Å². The van der Waals surface area contributed by atoms with Crippen molar-refractivity contribution >= 4 is 45.5 Å². The molecule has 162 valence electrons. The highest BCUT2D eigenvalue weighted by Gasteiger charge is 2.53. The molecule has 1 aliphatic carbocycles. The molecule has 3 unspecified atom stereocenters. The number of aromatic nitrogens is 1. The fraction of sp³-hybridized carbons (Fsp3) is 0.455. The van der Waals surface area contributed by atoms with Crippen LogP contribution in [0.4, 0.5) is 5.13 Å². The largest absolute Gasteiger partial charge is 0.483 e. The highest BCUT2D eigenvalue weighted by molar-refractivity contribution is 7.17. The normalized spacial score (nSPS) is 25.4. The number of anilines is 1. The summed E-state index contributed by atoms with van der Waals surface area (Å²) in [7, 11) is 0. The molecule has 0 N–H and O–H groups in total. The molecular weight excluding hydrogens is 436 g/mol. The number of carbonyl (C=O) groups excluding carboxylic acids is 3. The third kappa shape index (κ3) is 3.22. The zero-order valence-corrected chi connectivity index (χ0v) is 18.9. The molecule has 0 saturated heterocycles. The van der Waals surface area contributed by atoms with Gasteiger partial charge in [0, 0.05) is 4.88 Å². The van der Waals surface area contributed by atoms with E-state index in [2.05, 4.69) is 4.98 Å². The van der Waals surface area contributed by atoms with Crippen LogP contribution in [-0.4, -0.2) is 35.4 Å². The van der Waals surface area contributed by atoms with Crippen LogP contribution < -0.4 is 4.90 Å². The SMILES string of the molecule is CCOC(=O)c1sc(N2C(=O)C3=C(C(=O)C4CCCCC4O3)C2c2cccs2)nc1C. The second kappa shape index (κ2) is 7.87. The molecule has 3 aliphatic rings. The molecule has 5 rings (SSSR count). The predicted octanol–water partition coefficient (Wildman–Crippen LogP) is 4.19. The van der Waals surface area contributed by atoms with Gasteiger partial charge in [-0.3, -0.25) is 14.5 Å². The van der Waals surface area contributed by atoms with E-state index in [4.69, 9.17) is 9.47 Å². The van der Waals surface area contributed by atoms with Gasteiger partial charge in [0.25, 0.3) is 5.91 Å². The minimum Gasteiger partial charge on any atom is -0.483 e. The van der Waals surface area contributed by atoms with Crippen molar-refractivity contribution in [2.24, 2.45) is 5.92 Å². The Morgan fingerprint density at radius 2 is 2.13 bits per heavy atom. The fourth-order valence-electron chi connectivity index (χ4n) is 4.63. The molecule has 2 aromatic heterocycles. The van der Waals surface area contributed by atoms with Crippen molar-refractivity contribution < 1.29 is 23.9 Å². The van der Waals surface area contributed by atoms with Crippen molar-refractivity contribution in [3.05, 3.63) is 44.3 Å². The van der Waals surface area contributed by atoms with E-state index in [9.17, 15) is 14.4 Å². The van der Waals surface area contributed by atoms with E-state index in [0.717, 1.165) is 41.9 Å². The van der Waals surface area contributed by atoms with Gasteiger partial charge in [0.1, 0.15) is 17.0 Å². The van der Waals surface area contributed by atoms with Gasteiger partial charge in [0.15, 0.2) is 16.7 Å². The number of nitrogens with zero attached hydrogens (tertiary/aromatic N) is 2. The molecule has 0 bridgehead atoms. The third-order valence-corrected chi connectivity index (χ3v) is 8.09. The van der Waals surface area contributed by atoms with E-state index in [-0.39, 0.29) is 36.1 Å². The molecule has 0 spiro atoms. The van der Waals surface area contributed by atoms with Crippen LogP contribution in [0.3, 0.4) is 0 Å². The monoisotopic (exact) mass is 458 g/mol. The van der Waals surface area contributed by atoms with E-state index in [1.807, 2.05) is 17.5 Å². The first-order valence-electron chi connectivity index (χ1n) is 10.5. The number of hydrogen-bond acceptors (Lipinski definition) is 8. The third-order valence-electron chi connectivity index (χ3n) is 6.03. The van der Waals surface area contributed by atoms with Crippen LogP contribution in [0.2, 0.25) is 0 Å². The van der Waals surface area contributed by atoms with E-state index in [1.54, 1.807) is 13.8 Å². The maximum Gasteiger partial charge on any atom is 0.350 e. The number of thiophene rings is 1. The smallest absolute Gasteiger partial charge is 0.350 e. The number of Topliss-reactive ketones (excluding diaryl/α,β-unsaturated/α-hetero) is 1. The summed E-state index contributed by atoms with van der Waals surface area (Å²) in [6.45, 7) is 3.72. The number of aryl methyl sites for hydroxylation is 1. The van der Waals surface area contributed by atoms with Crippen LogP contribution in [0.15, 0.2) is 28.8 Å². The first-order valence-corrected chi connectivity index (χ1v) is 12.2. The highest BCUT2D eigenvalue weighted by Crippen LogP contribution is 2.49. The average molecular weight is 459 g/mol. The van der Waals surface area contributed by atoms with Crippen LogP contribution in [0, 0.1) is 12.8 Å². The lowest BCUT2D eigenvalue weighted by Crippen LogP contribution is -2.39. The molecule has 7 nitrogen and oxygen atoms in total. The molecule has 31 heavy (non-hydrogen) atoms. The van der Waals surface area contributed by atoms with Crippen LogP contribution in [0.25, 0.3) is 0 Å². The van der Waals surface area contributed by atoms with E-state index in [1.165, 1.54) is 16.2 Å². The van der Waals surface area contributed by atoms with Crippen molar-refractivity contribution in [3.63, 3.8) is 0 Å². The molecule has 1 saturated carbocycles. The van der Waals surface area contributed by atoms with Gasteiger partial charge in [-0.15, -0.1) is 11.3 Å². The van der Waals surface area contributed by atoms with Gasteiger partial charge in [-0.05, 0) is 44.6 Å². The number of carbonyl (C=O) groups is 3. The number of amides is 1. The maximum absolute atomic E-state index is 13.5. The minimum atomic E-state index is -0.585. The Balaban J connectivity index is 1.59. The molecule has 9 heteroatoms. The highest BCUT2D eigenvalue weighted by atomic mass is 32.1. The van der Waals surface area contributed by atoms with Crippen molar-refractivity contribution in [3.8, 4) is 0 Å². The summed E-state index contributed by atoms with van der Waals surface area (Å²) in [5.74, 6) is -0.860. The lowest BCUT2D eigenvalue weighted by atomic mass is 9.78. The summed E-state index contributed by atoms with van der Waals surface area (Å²) >= 11 is 2.59. The van der Waals surface area contributed by atoms with Crippen molar-refractivity contribution in [2.45, 2.75) is 51.7 Å². The van der Waals surface area contributed by atoms with Crippen molar-refractivity contribution in [2.75, 3.05) is 11.5 Å². The first-order chi connectivity index (χ1) is 15.0. The molecule has 1 amide bonds. The number of ketones is 1. The summed E-state index contributed by atoms with van der Waals surface area (Å²) in [5, 5.41) is 2.29. The minimum absolute atomic E-state index is 0.0131. The predicted molar refractivity (Wildman–Crippen MR) is 116 cm³/mol. The van der Waals surface area contributed by atoms with Gasteiger partial charge in [-0.2, -0.15) is 0 Å². The van der Waals surface area contributed by atoms with E-state index >= 15 is 0 Å². The van der Waals surface area contributed by atoms with Crippen LogP contribution in [0.1, 0.15) is 58.9 Å². The number of esters is 1. The Morgan fingerprint density at radius 3 is 2.87 bits per heavy atom. The van der Waals surface area contributed by atoms with Crippen LogP contribution in [0.5, 0.6) is 0 Å². The van der Waals surface area contributed by atoms with Gasteiger partial charge >= 0.3 is 5.97 Å². The molecule has 0 radical (unpaired) electrons. The number of hydrogen-bond donors (Lipinski definition) is 0. The summed E-state index contributed by atoms with van der Waals surface area (Å²) in [4.78, 5) is 46.6. The molecule has 4 heterocycles. The Kier molecular flexibility index (Phi) is 5.18. The summed E-state index contributed by atoms with van der Waals surface area (Å²) in [6, 6.07) is 3.23. The standard InChI is InChI=1S/C22H22N2O5S2/c1-3-28-21(27)19-11(2)23-22(31-19)24-16(14-9-6-10-30-14)15-17(25)12-7-4-5-8-13(12)29-18(15)20(24)26/h6,9-10,12-13,16H,3-5,7-8H2,1-2H3. The molecule has 2 aromatic rings. The molecule has 0 aromatic carbocycles. The summed E-state index contributed by atoms with van der Waals surface area (Å²) in [5.41, 5.74) is 0.933. The molecule has 3 atom stereocenters. The number of ether oxygens (including phenoxy) is 2. The van der Waals surface area contributed by atoms with Crippen molar-refractivity contribution in [1.82, 2.24) is 4.98 Å². The lowest BCUT2D eigenvalue weighted by molar-refractivity contribution is -0.131. The number of thiazole rings is 1. The van der Waals surface area contributed by atoms with Gasteiger partial charge < -0.3 is 9.47 Å². The molecule has 1 fully saturated rings.